The Morgan fingerprint density at radius 3 is 2.48 bits per heavy atom. The van der Waals surface area contributed by atoms with Gasteiger partial charge in [-0.1, -0.05) is 0 Å². The summed E-state index contributed by atoms with van der Waals surface area (Å²) in [6.45, 7) is 6.87. The third-order valence-electron chi connectivity index (χ3n) is 3.69. The molecule has 0 aliphatic heterocycles. The molecule has 25 heavy (non-hydrogen) atoms. The lowest BCUT2D eigenvalue weighted by molar-refractivity contribution is -0.138. The smallest absolute Gasteiger partial charge is 0.355 e. The van der Waals surface area contributed by atoms with Crippen molar-refractivity contribution >= 4 is 17.8 Å². The highest BCUT2D eigenvalue weighted by molar-refractivity contribution is 5.99. The molecule has 0 saturated heterocycles. The number of hydrogen-bond acceptors (Lipinski definition) is 6. The molecule has 1 N–H and O–H groups in total. The summed E-state index contributed by atoms with van der Waals surface area (Å²) in [6.07, 6.45) is -0.807. The molecule has 0 unspecified atom stereocenters. The van der Waals surface area contributed by atoms with Crippen LogP contribution in [0.15, 0.2) is 0 Å². The zero-order chi connectivity index (χ0) is 19.1. The van der Waals surface area contributed by atoms with Crippen LogP contribution in [0, 0.1) is 25.2 Å². The number of nitrogens with one attached hydrogen (secondary N) is 1. The van der Waals surface area contributed by atoms with Crippen molar-refractivity contribution in [3.63, 3.8) is 0 Å². The van der Waals surface area contributed by atoms with Crippen molar-refractivity contribution in [1.29, 1.82) is 5.26 Å². The van der Waals surface area contributed by atoms with Gasteiger partial charge in [0, 0.05) is 19.3 Å². The van der Waals surface area contributed by atoms with E-state index >= 15 is 0 Å². The average molecular weight is 349 g/mol. The van der Waals surface area contributed by atoms with Crippen LogP contribution >= 0.6 is 0 Å². The Balaban J connectivity index is 2.89. The topological polar surface area (TPSA) is 112 Å². The molecule has 0 bridgehead atoms. The van der Waals surface area contributed by atoms with Crippen molar-refractivity contribution in [2.45, 2.75) is 40.2 Å². The van der Waals surface area contributed by atoms with E-state index < -0.39 is 23.9 Å². The van der Waals surface area contributed by atoms with Crippen LogP contribution in [0.25, 0.3) is 0 Å². The molecule has 8 heteroatoms. The van der Waals surface area contributed by atoms with Crippen LogP contribution in [0.2, 0.25) is 0 Å². The molecular formula is C17H23N3O5. The summed E-state index contributed by atoms with van der Waals surface area (Å²) in [5.74, 6) is -1.65. The Morgan fingerprint density at radius 2 is 1.92 bits per heavy atom. The molecule has 0 aliphatic rings. The molecule has 1 heterocycles. The van der Waals surface area contributed by atoms with E-state index in [1.54, 1.807) is 20.8 Å². The van der Waals surface area contributed by atoms with Crippen LogP contribution in [-0.2, 0) is 14.3 Å². The minimum absolute atomic E-state index is 0.191. The van der Waals surface area contributed by atoms with Gasteiger partial charge in [-0.15, -0.1) is 0 Å². The molecule has 0 saturated carbocycles. The fraction of sp³-hybridized carbons (Fsp3) is 0.529. The number of nitriles is 1. The second kappa shape index (κ2) is 8.87. The highest BCUT2D eigenvalue weighted by Gasteiger charge is 2.27. The molecule has 0 radical (unpaired) electrons. The minimum atomic E-state index is -1.00. The Labute approximate surface area is 146 Å². The number of hydrogen-bond donors (Lipinski definition) is 1. The number of H-pyrrole nitrogens is 1. The van der Waals surface area contributed by atoms with Crippen molar-refractivity contribution in [3.05, 3.63) is 22.5 Å². The summed E-state index contributed by atoms with van der Waals surface area (Å²) < 4.78 is 10.2. The van der Waals surface area contributed by atoms with Gasteiger partial charge in [-0.05, 0) is 33.3 Å². The van der Waals surface area contributed by atoms with E-state index in [9.17, 15) is 14.4 Å². The number of aryl methyl sites for hydroxylation is 1. The number of aromatic nitrogens is 1. The largest absolute Gasteiger partial charge is 0.461 e. The molecule has 136 valence electrons. The lowest BCUT2D eigenvalue weighted by Gasteiger charge is -2.20. The van der Waals surface area contributed by atoms with Crippen molar-refractivity contribution in [2.24, 2.45) is 0 Å². The van der Waals surface area contributed by atoms with Crippen LogP contribution in [0.4, 0.5) is 0 Å². The van der Waals surface area contributed by atoms with Crippen LogP contribution < -0.4 is 0 Å². The van der Waals surface area contributed by atoms with Gasteiger partial charge < -0.3 is 19.4 Å². The molecule has 1 rings (SSSR count). The highest BCUT2D eigenvalue weighted by atomic mass is 16.5. The number of carbonyl (C=O) groups is 3. The molecule has 1 amide bonds. The summed E-state index contributed by atoms with van der Waals surface area (Å²) in [6, 6.07) is 1.95. The van der Waals surface area contributed by atoms with Crippen molar-refractivity contribution in [3.8, 4) is 6.07 Å². The first-order chi connectivity index (χ1) is 11.7. The monoisotopic (exact) mass is 349 g/mol. The number of rotatable bonds is 7. The minimum Gasteiger partial charge on any atom is -0.461 e. The molecule has 1 aromatic heterocycles. The van der Waals surface area contributed by atoms with E-state index in [4.69, 9.17) is 14.7 Å². The van der Waals surface area contributed by atoms with E-state index in [1.807, 2.05) is 6.07 Å². The van der Waals surface area contributed by atoms with E-state index in [2.05, 4.69) is 4.98 Å². The first-order valence-corrected chi connectivity index (χ1v) is 7.93. The third-order valence-corrected chi connectivity index (χ3v) is 3.69. The van der Waals surface area contributed by atoms with Crippen LogP contribution in [0.1, 0.15) is 52.4 Å². The van der Waals surface area contributed by atoms with E-state index in [-0.39, 0.29) is 30.8 Å². The summed E-state index contributed by atoms with van der Waals surface area (Å²) in [7, 11) is 1.54. The predicted octanol–water partition coefficient (Wildman–Crippen LogP) is 1.73. The number of nitrogens with zero attached hydrogens (tertiary/aromatic N) is 2. The number of esters is 2. The number of ether oxygens (including phenoxy) is 2. The molecule has 8 nitrogen and oxygen atoms in total. The van der Waals surface area contributed by atoms with Crippen LogP contribution in [0.3, 0.4) is 0 Å². The molecule has 0 spiro atoms. The lowest BCUT2D eigenvalue weighted by Crippen LogP contribution is -2.38. The number of likely N-dealkylation sites (N-methyl/N-ethyl adjacent to an activating group) is 1. The summed E-state index contributed by atoms with van der Waals surface area (Å²) >= 11 is 0. The van der Waals surface area contributed by atoms with Gasteiger partial charge >= 0.3 is 11.9 Å². The zero-order valence-electron chi connectivity index (χ0n) is 15.1. The SMILES string of the molecule is CCOC(=O)c1[nH]c(C)c(C(=O)O[C@@H](C)C(=O)N(C)CCC#N)c1C. The summed E-state index contributed by atoms with van der Waals surface area (Å²) in [5, 5.41) is 8.56. The molecular weight excluding hydrogens is 326 g/mol. The molecule has 0 fully saturated rings. The Morgan fingerprint density at radius 1 is 1.28 bits per heavy atom. The predicted molar refractivity (Wildman–Crippen MR) is 89.0 cm³/mol. The highest BCUT2D eigenvalue weighted by Crippen LogP contribution is 2.20. The fourth-order valence-corrected chi connectivity index (χ4v) is 2.37. The standard InChI is InChI=1S/C17H23N3O5/c1-6-24-17(23)14-10(2)13(11(3)19-14)16(22)25-12(4)15(21)20(5)9-7-8-18/h12,19H,6-7,9H2,1-5H3/t12-/m0/s1. The Bertz CT molecular complexity index is 702. The number of amides is 1. The van der Waals surface area contributed by atoms with Gasteiger partial charge in [0.2, 0.25) is 0 Å². The quantitative estimate of drug-likeness (QED) is 0.750. The van der Waals surface area contributed by atoms with Gasteiger partial charge in [0.1, 0.15) is 5.69 Å². The van der Waals surface area contributed by atoms with Gasteiger partial charge in [-0.3, -0.25) is 4.79 Å². The van der Waals surface area contributed by atoms with Crippen molar-refractivity contribution in [2.75, 3.05) is 20.2 Å². The van der Waals surface area contributed by atoms with Crippen molar-refractivity contribution in [1.82, 2.24) is 9.88 Å². The average Bonchev–Trinajstić information content (AvgIpc) is 2.86. The van der Waals surface area contributed by atoms with E-state index in [0.717, 1.165) is 0 Å². The van der Waals surface area contributed by atoms with Gasteiger partial charge in [0.15, 0.2) is 6.10 Å². The van der Waals surface area contributed by atoms with E-state index in [0.29, 0.717) is 11.3 Å². The third kappa shape index (κ3) is 4.83. The maximum absolute atomic E-state index is 12.4. The first-order valence-electron chi connectivity index (χ1n) is 7.93. The summed E-state index contributed by atoms with van der Waals surface area (Å²) in [5.41, 5.74) is 1.28. The Kier molecular flexibility index (Phi) is 7.18. The van der Waals surface area contributed by atoms with Gasteiger partial charge in [0.05, 0.1) is 24.7 Å². The van der Waals surface area contributed by atoms with E-state index in [1.165, 1.54) is 18.9 Å². The maximum atomic E-state index is 12.4. The molecule has 0 aromatic carbocycles. The second-order valence-corrected chi connectivity index (χ2v) is 5.56. The lowest BCUT2D eigenvalue weighted by atomic mass is 10.1. The number of carbonyl (C=O) groups excluding carboxylic acids is 3. The van der Waals surface area contributed by atoms with Crippen LogP contribution in [-0.4, -0.2) is 54.0 Å². The maximum Gasteiger partial charge on any atom is 0.355 e. The van der Waals surface area contributed by atoms with Gasteiger partial charge in [-0.25, -0.2) is 9.59 Å². The van der Waals surface area contributed by atoms with Gasteiger partial charge in [0.25, 0.3) is 5.91 Å². The van der Waals surface area contributed by atoms with Gasteiger partial charge in [-0.2, -0.15) is 5.26 Å². The fourth-order valence-electron chi connectivity index (χ4n) is 2.37. The first kappa shape index (κ1) is 20.2. The second-order valence-electron chi connectivity index (χ2n) is 5.56. The summed E-state index contributed by atoms with van der Waals surface area (Å²) in [4.78, 5) is 40.6. The number of aromatic amines is 1. The molecule has 1 aromatic rings. The zero-order valence-corrected chi connectivity index (χ0v) is 15.1. The Hall–Kier alpha value is -2.82. The molecule has 0 aliphatic carbocycles. The molecule has 1 atom stereocenters. The normalized spacial score (nSPS) is 11.4. The van der Waals surface area contributed by atoms with Crippen molar-refractivity contribution < 1.29 is 23.9 Å². The van der Waals surface area contributed by atoms with Crippen LogP contribution in [0.5, 0.6) is 0 Å².